The summed E-state index contributed by atoms with van der Waals surface area (Å²) in [7, 11) is 1.73. The molecule has 2 N–H and O–H groups in total. The monoisotopic (exact) mass is 526 g/mol. The number of piperidine rings is 3. The topological polar surface area (TPSA) is 54.0 Å². The van der Waals surface area contributed by atoms with Gasteiger partial charge in [-0.25, -0.2) is 0 Å². The molecular weight excluding hydrogens is 484 g/mol. The fraction of sp³-hybridized carbons (Fsp3) is 0.471. The first-order valence-electron chi connectivity index (χ1n) is 14.7. The fourth-order valence-corrected chi connectivity index (χ4v) is 6.89. The second kappa shape index (κ2) is 11.1. The number of methoxy groups -OCH3 is 1. The predicted molar refractivity (Wildman–Crippen MR) is 157 cm³/mol. The lowest BCUT2D eigenvalue weighted by molar-refractivity contribution is -0.00766. The minimum absolute atomic E-state index is 0.266. The quantitative estimate of drug-likeness (QED) is 0.330. The van der Waals surface area contributed by atoms with E-state index in [0.29, 0.717) is 17.1 Å². The van der Waals surface area contributed by atoms with E-state index in [9.17, 15) is 5.11 Å². The summed E-state index contributed by atoms with van der Waals surface area (Å²) in [4.78, 5) is 2.58. The number of nitrogens with zero attached hydrogens (tertiary/aromatic N) is 1. The number of aryl methyl sites for hydroxylation is 1. The lowest BCUT2D eigenvalue weighted by Crippen LogP contribution is -2.50. The van der Waals surface area contributed by atoms with E-state index in [4.69, 9.17) is 9.47 Å². The molecule has 5 heteroatoms. The summed E-state index contributed by atoms with van der Waals surface area (Å²) in [5.74, 6) is 2.67. The number of hydrogen-bond donors (Lipinski definition) is 2. The molecule has 0 saturated carbocycles. The van der Waals surface area contributed by atoms with Gasteiger partial charge in [-0.1, -0.05) is 24.3 Å². The van der Waals surface area contributed by atoms with Gasteiger partial charge in [0.1, 0.15) is 17.2 Å². The zero-order valence-corrected chi connectivity index (χ0v) is 23.4. The Kier molecular flexibility index (Phi) is 7.44. The Morgan fingerprint density at radius 2 is 1.69 bits per heavy atom. The van der Waals surface area contributed by atoms with Crippen LogP contribution in [0.25, 0.3) is 0 Å². The molecule has 39 heavy (non-hydrogen) atoms. The number of nitrogens with one attached hydrogen (secondary N) is 1. The third kappa shape index (κ3) is 5.89. The second-order valence-corrected chi connectivity index (χ2v) is 12.1. The highest BCUT2D eigenvalue weighted by atomic mass is 16.5. The summed E-state index contributed by atoms with van der Waals surface area (Å²) in [5, 5.41) is 13.7. The first kappa shape index (κ1) is 26.1. The van der Waals surface area contributed by atoms with E-state index in [1.807, 2.05) is 12.1 Å². The molecule has 4 aliphatic rings. The van der Waals surface area contributed by atoms with Gasteiger partial charge in [0.25, 0.3) is 0 Å². The Balaban J connectivity index is 1.09. The molecule has 3 aromatic carbocycles. The molecular formula is C34H42N2O3. The molecule has 1 aliphatic carbocycles. The van der Waals surface area contributed by atoms with Crippen LogP contribution in [-0.4, -0.2) is 49.4 Å². The van der Waals surface area contributed by atoms with Crippen LogP contribution in [0.15, 0.2) is 60.7 Å². The number of phenols is 1. The van der Waals surface area contributed by atoms with E-state index < -0.39 is 0 Å². The molecule has 3 heterocycles. The van der Waals surface area contributed by atoms with Crippen LogP contribution < -0.4 is 14.8 Å². The maximum atomic E-state index is 9.88. The van der Waals surface area contributed by atoms with Crippen LogP contribution in [0.4, 0.5) is 5.69 Å². The molecule has 0 spiro atoms. The summed E-state index contributed by atoms with van der Waals surface area (Å²) in [6, 6.07) is 21.3. The van der Waals surface area contributed by atoms with Crippen LogP contribution in [0.1, 0.15) is 60.8 Å². The highest BCUT2D eigenvalue weighted by molar-refractivity contribution is 5.58. The summed E-state index contributed by atoms with van der Waals surface area (Å²) >= 11 is 0. The number of benzene rings is 3. The third-order valence-corrected chi connectivity index (χ3v) is 9.41. The van der Waals surface area contributed by atoms with E-state index >= 15 is 0 Å². The second-order valence-electron chi connectivity index (χ2n) is 12.1. The molecule has 2 atom stereocenters. The van der Waals surface area contributed by atoms with E-state index in [-0.39, 0.29) is 6.04 Å². The van der Waals surface area contributed by atoms with Crippen molar-refractivity contribution in [3.63, 3.8) is 0 Å². The summed E-state index contributed by atoms with van der Waals surface area (Å²) < 4.78 is 11.9. The predicted octanol–water partition coefficient (Wildman–Crippen LogP) is 6.58. The number of phenolic OH excluding ortho intramolecular Hbond substituents is 1. The van der Waals surface area contributed by atoms with Gasteiger partial charge >= 0.3 is 0 Å². The number of rotatable bonds is 9. The van der Waals surface area contributed by atoms with Crippen molar-refractivity contribution < 1.29 is 14.6 Å². The third-order valence-electron chi connectivity index (χ3n) is 9.41. The summed E-state index contributed by atoms with van der Waals surface area (Å²) in [6.45, 7) is 6.81. The molecule has 3 aromatic rings. The SMILES string of the molecule is COc1ccc(C2CCc3cc(O)ccc3C2)c(NC(C)Cc2ccc(OCC34CCN(CC3)CC4)cc2)c1. The number of fused-ring (bicyclic) bond motifs is 4. The molecule has 0 radical (unpaired) electrons. The Hall–Kier alpha value is -3.18. The molecule has 3 saturated heterocycles. The van der Waals surface area contributed by atoms with Crippen LogP contribution in [0.3, 0.4) is 0 Å². The van der Waals surface area contributed by atoms with Crippen LogP contribution in [-0.2, 0) is 19.3 Å². The zero-order chi connectivity index (χ0) is 26.8. The average molecular weight is 527 g/mol. The highest BCUT2D eigenvalue weighted by Gasteiger charge is 2.39. The standard InChI is InChI=1S/C34H42N2O3/c1-24(19-25-3-9-30(10-4-25)39-23-34-13-16-36(17-14-34)18-15-34)35-33-22-31(38-2)11-12-32(33)28-6-5-27-21-29(37)8-7-26(27)20-28/h3-4,7-12,21-22,24,28,35,37H,5-6,13-20,23H2,1-2H3. The normalized spacial score (nSPS) is 24.6. The van der Waals surface area contributed by atoms with Crippen molar-refractivity contribution in [2.75, 3.05) is 38.7 Å². The van der Waals surface area contributed by atoms with E-state index in [0.717, 1.165) is 49.5 Å². The van der Waals surface area contributed by atoms with Crippen LogP contribution >= 0.6 is 0 Å². The maximum Gasteiger partial charge on any atom is 0.120 e. The van der Waals surface area contributed by atoms with Crippen molar-refractivity contribution in [2.24, 2.45) is 5.41 Å². The van der Waals surface area contributed by atoms with Crippen molar-refractivity contribution in [3.8, 4) is 17.2 Å². The minimum atomic E-state index is 0.266. The van der Waals surface area contributed by atoms with Gasteiger partial charge in [0.15, 0.2) is 0 Å². The molecule has 3 fully saturated rings. The van der Waals surface area contributed by atoms with E-state index in [2.05, 4.69) is 65.7 Å². The Labute approximate surface area is 233 Å². The van der Waals surface area contributed by atoms with Gasteiger partial charge in [-0.3, -0.25) is 0 Å². The smallest absolute Gasteiger partial charge is 0.120 e. The minimum Gasteiger partial charge on any atom is -0.508 e. The van der Waals surface area contributed by atoms with Gasteiger partial charge in [0.05, 0.1) is 13.7 Å². The van der Waals surface area contributed by atoms with Gasteiger partial charge in [-0.05, 0) is 130 Å². The Morgan fingerprint density at radius 3 is 2.44 bits per heavy atom. The molecule has 206 valence electrons. The molecule has 5 nitrogen and oxygen atoms in total. The highest BCUT2D eigenvalue weighted by Crippen LogP contribution is 2.41. The van der Waals surface area contributed by atoms with Crippen molar-refractivity contribution in [1.82, 2.24) is 4.90 Å². The molecule has 7 rings (SSSR count). The molecule has 0 aromatic heterocycles. The van der Waals surface area contributed by atoms with Crippen molar-refractivity contribution in [1.29, 1.82) is 0 Å². The van der Waals surface area contributed by atoms with Crippen LogP contribution in [0.5, 0.6) is 17.2 Å². The lowest BCUT2D eigenvalue weighted by atomic mass is 9.73. The van der Waals surface area contributed by atoms with Crippen molar-refractivity contribution in [3.05, 3.63) is 82.9 Å². The van der Waals surface area contributed by atoms with Gasteiger partial charge in [0, 0.05) is 23.2 Å². The molecule has 2 unspecified atom stereocenters. The molecule has 0 amide bonds. The number of ether oxygens (including phenoxy) is 2. The summed E-state index contributed by atoms with van der Waals surface area (Å²) in [6.07, 6.45) is 7.82. The summed E-state index contributed by atoms with van der Waals surface area (Å²) in [5.41, 5.74) is 6.82. The first-order chi connectivity index (χ1) is 19.0. The van der Waals surface area contributed by atoms with E-state index in [1.54, 1.807) is 7.11 Å². The molecule has 2 bridgehead atoms. The average Bonchev–Trinajstić information content (AvgIpc) is 2.97. The number of hydrogen-bond acceptors (Lipinski definition) is 5. The lowest BCUT2D eigenvalue weighted by Gasteiger charge is -2.48. The number of aromatic hydroxyl groups is 1. The Morgan fingerprint density at radius 1 is 0.949 bits per heavy atom. The van der Waals surface area contributed by atoms with Crippen LogP contribution in [0, 0.1) is 5.41 Å². The van der Waals surface area contributed by atoms with Crippen molar-refractivity contribution >= 4 is 5.69 Å². The first-order valence-corrected chi connectivity index (χ1v) is 14.7. The molecule has 3 aliphatic heterocycles. The fourth-order valence-electron chi connectivity index (χ4n) is 6.89. The number of anilines is 1. The van der Waals surface area contributed by atoms with Gasteiger partial charge in [0.2, 0.25) is 0 Å². The zero-order valence-electron chi connectivity index (χ0n) is 23.4. The largest absolute Gasteiger partial charge is 0.508 e. The van der Waals surface area contributed by atoms with Gasteiger partial charge < -0.3 is 24.8 Å². The van der Waals surface area contributed by atoms with E-state index in [1.165, 1.54) is 61.2 Å². The van der Waals surface area contributed by atoms with Gasteiger partial charge in [-0.15, -0.1) is 0 Å². The van der Waals surface area contributed by atoms with Crippen molar-refractivity contribution in [2.45, 2.75) is 63.8 Å². The van der Waals surface area contributed by atoms with Crippen LogP contribution in [0.2, 0.25) is 0 Å². The maximum absolute atomic E-state index is 9.88. The van der Waals surface area contributed by atoms with Gasteiger partial charge in [-0.2, -0.15) is 0 Å². The Bertz CT molecular complexity index is 1270.